The van der Waals surface area contributed by atoms with E-state index in [1.54, 1.807) is 14.1 Å². The zero-order chi connectivity index (χ0) is 16.0. The van der Waals surface area contributed by atoms with Gasteiger partial charge in [0.25, 0.3) is 11.5 Å². The van der Waals surface area contributed by atoms with Crippen LogP contribution in [-0.4, -0.2) is 44.7 Å². The van der Waals surface area contributed by atoms with Crippen LogP contribution >= 0.6 is 0 Å². The van der Waals surface area contributed by atoms with Gasteiger partial charge in [-0.05, 0) is 0 Å². The Morgan fingerprint density at radius 2 is 2.00 bits per heavy atom. The highest BCUT2D eigenvalue weighted by Gasteiger charge is 2.29. The molecule has 1 aliphatic heterocycles. The summed E-state index contributed by atoms with van der Waals surface area (Å²) in [5.74, 6) is -0.481. The van der Waals surface area contributed by atoms with Gasteiger partial charge in [-0.25, -0.2) is 9.97 Å². The highest BCUT2D eigenvalue weighted by molar-refractivity contribution is 5.97. The highest BCUT2D eigenvalue weighted by Crippen LogP contribution is 2.38. The van der Waals surface area contributed by atoms with Gasteiger partial charge in [0.2, 0.25) is 11.5 Å². The van der Waals surface area contributed by atoms with Crippen molar-refractivity contribution >= 4 is 17.4 Å². The van der Waals surface area contributed by atoms with E-state index in [0.29, 0.717) is 0 Å². The predicted octanol–water partition coefficient (Wildman–Crippen LogP) is -0.585. The summed E-state index contributed by atoms with van der Waals surface area (Å²) in [4.78, 5) is 45.2. The molecule has 2 aromatic heterocycles. The first kappa shape index (κ1) is 13.8. The zero-order valence-corrected chi connectivity index (χ0v) is 12.0. The molecule has 0 fully saturated rings. The molecule has 0 unspecified atom stereocenters. The monoisotopic (exact) mass is 304 g/mol. The van der Waals surface area contributed by atoms with Gasteiger partial charge in [-0.1, -0.05) is 0 Å². The first-order chi connectivity index (χ1) is 10.4. The molecular formula is C12H12N6O4. The number of hydrogen-bond donors (Lipinski definition) is 2. The molecule has 2 aromatic rings. The number of nitrogens with zero attached hydrogens (tertiary/aromatic N) is 4. The van der Waals surface area contributed by atoms with Gasteiger partial charge in [0.15, 0.2) is 17.2 Å². The van der Waals surface area contributed by atoms with E-state index < -0.39 is 17.0 Å². The SMILES string of the molecule is CN(C)C(=O)c1ncnc2c1Oc1c(c(=O)n(C)[nH]c1=O)N2. The molecule has 0 saturated heterocycles. The molecule has 0 aromatic carbocycles. The van der Waals surface area contributed by atoms with Crippen molar-refractivity contribution in [3.63, 3.8) is 0 Å². The van der Waals surface area contributed by atoms with Crippen molar-refractivity contribution in [3.05, 3.63) is 32.7 Å². The summed E-state index contributed by atoms with van der Waals surface area (Å²) in [6, 6.07) is 0. The summed E-state index contributed by atoms with van der Waals surface area (Å²) < 4.78 is 6.48. The largest absolute Gasteiger partial charge is 0.443 e. The van der Waals surface area contributed by atoms with Crippen molar-refractivity contribution in [2.75, 3.05) is 19.4 Å². The molecule has 3 heterocycles. The minimum absolute atomic E-state index is 0.00627. The number of carbonyl (C=O) groups is 1. The molecule has 0 aliphatic carbocycles. The summed E-state index contributed by atoms with van der Waals surface area (Å²) >= 11 is 0. The molecule has 3 rings (SSSR count). The second-order valence-electron chi connectivity index (χ2n) is 4.84. The van der Waals surface area contributed by atoms with E-state index in [-0.39, 0.29) is 28.7 Å². The lowest BCUT2D eigenvalue weighted by Crippen LogP contribution is -2.32. The van der Waals surface area contributed by atoms with Crippen LogP contribution < -0.4 is 21.2 Å². The van der Waals surface area contributed by atoms with E-state index in [1.165, 1.54) is 18.3 Å². The summed E-state index contributed by atoms with van der Waals surface area (Å²) in [6.45, 7) is 0. The first-order valence-electron chi connectivity index (χ1n) is 6.25. The van der Waals surface area contributed by atoms with Crippen molar-refractivity contribution in [1.82, 2.24) is 24.6 Å². The smallest absolute Gasteiger partial charge is 0.308 e. The van der Waals surface area contributed by atoms with Crippen LogP contribution in [0.15, 0.2) is 15.9 Å². The Balaban J connectivity index is 2.20. The van der Waals surface area contributed by atoms with E-state index in [2.05, 4.69) is 20.4 Å². The van der Waals surface area contributed by atoms with Crippen LogP contribution in [0.4, 0.5) is 11.5 Å². The van der Waals surface area contributed by atoms with Crippen molar-refractivity contribution in [2.45, 2.75) is 0 Å². The number of aryl methyl sites for hydroxylation is 1. The normalized spacial score (nSPS) is 11.8. The molecule has 1 amide bonds. The number of carbonyl (C=O) groups excluding carboxylic acids is 1. The van der Waals surface area contributed by atoms with Gasteiger partial charge in [-0.15, -0.1) is 0 Å². The number of amides is 1. The molecule has 10 nitrogen and oxygen atoms in total. The Hall–Kier alpha value is -3.17. The maximum absolute atomic E-state index is 12.1. The third-order valence-corrected chi connectivity index (χ3v) is 3.08. The minimum atomic E-state index is -0.609. The molecule has 0 atom stereocenters. The number of aromatic amines is 1. The van der Waals surface area contributed by atoms with Gasteiger partial charge in [-0.3, -0.25) is 24.2 Å². The molecule has 0 saturated carbocycles. The maximum atomic E-state index is 12.1. The number of rotatable bonds is 1. The molecule has 1 aliphatic rings. The molecule has 22 heavy (non-hydrogen) atoms. The van der Waals surface area contributed by atoms with Crippen LogP contribution in [0.1, 0.15) is 10.5 Å². The number of aromatic nitrogens is 4. The van der Waals surface area contributed by atoms with Crippen LogP contribution in [-0.2, 0) is 7.05 Å². The molecule has 114 valence electrons. The van der Waals surface area contributed by atoms with Gasteiger partial charge in [0.1, 0.15) is 6.33 Å². The van der Waals surface area contributed by atoms with E-state index >= 15 is 0 Å². The molecule has 10 heteroatoms. The summed E-state index contributed by atoms with van der Waals surface area (Å²) in [6.07, 6.45) is 1.18. The van der Waals surface area contributed by atoms with Crippen LogP contribution in [0.2, 0.25) is 0 Å². The standard InChI is InChI=1S/C12H12N6O4/c1-17(2)11(20)5-7-9(14-4-13-5)15-6-8(22-7)10(19)16-18(3)12(6)21/h4H,1-3H3,(H,16,19)(H,13,14,15). The molecular weight excluding hydrogens is 292 g/mol. The number of anilines is 2. The van der Waals surface area contributed by atoms with Crippen molar-refractivity contribution in [1.29, 1.82) is 0 Å². The van der Waals surface area contributed by atoms with Gasteiger partial charge in [-0.2, -0.15) is 0 Å². The zero-order valence-electron chi connectivity index (χ0n) is 12.0. The second kappa shape index (κ2) is 4.69. The highest BCUT2D eigenvalue weighted by atomic mass is 16.5. The van der Waals surface area contributed by atoms with Crippen LogP contribution in [0.25, 0.3) is 0 Å². The topological polar surface area (TPSA) is 122 Å². The third-order valence-electron chi connectivity index (χ3n) is 3.08. The Morgan fingerprint density at radius 3 is 2.68 bits per heavy atom. The Labute approximate surface area is 123 Å². The van der Waals surface area contributed by atoms with Crippen LogP contribution in [0.3, 0.4) is 0 Å². The number of nitrogens with one attached hydrogen (secondary N) is 2. The van der Waals surface area contributed by atoms with Crippen molar-refractivity contribution < 1.29 is 9.53 Å². The maximum Gasteiger partial charge on any atom is 0.308 e. The predicted molar refractivity (Wildman–Crippen MR) is 75.7 cm³/mol. The van der Waals surface area contributed by atoms with E-state index in [9.17, 15) is 14.4 Å². The Bertz CT molecular complexity index is 897. The lowest BCUT2D eigenvalue weighted by molar-refractivity contribution is 0.0819. The minimum Gasteiger partial charge on any atom is -0.443 e. The average Bonchev–Trinajstić information content (AvgIpc) is 2.50. The summed E-state index contributed by atoms with van der Waals surface area (Å²) in [7, 11) is 4.52. The van der Waals surface area contributed by atoms with Crippen LogP contribution in [0.5, 0.6) is 11.5 Å². The van der Waals surface area contributed by atoms with Crippen molar-refractivity contribution in [3.8, 4) is 11.5 Å². The van der Waals surface area contributed by atoms with Crippen LogP contribution in [0, 0.1) is 0 Å². The van der Waals surface area contributed by atoms with Gasteiger partial charge in [0.05, 0.1) is 0 Å². The first-order valence-corrected chi connectivity index (χ1v) is 6.25. The Kier molecular flexibility index (Phi) is 2.94. The fraction of sp³-hybridized carbons (Fsp3) is 0.250. The fourth-order valence-electron chi connectivity index (χ4n) is 1.98. The molecule has 0 bridgehead atoms. The van der Waals surface area contributed by atoms with Gasteiger partial charge >= 0.3 is 5.56 Å². The second-order valence-corrected chi connectivity index (χ2v) is 4.84. The molecule has 0 radical (unpaired) electrons. The lowest BCUT2D eigenvalue weighted by Gasteiger charge is -2.21. The van der Waals surface area contributed by atoms with Crippen molar-refractivity contribution in [2.24, 2.45) is 7.05 Å². The molecule has 0 spiro atoms. The average molecular weight is 304 g/mol. The fourth-order valence-corrected chi connectivity index (χ4v) is 1.98. The van der Waals surface area contributed by atoms with Gasteiger partial charge < -0.3 is 15.0 Å². The number of fused-ring (bicyclic) bond motifs is 2. The number of ether oxygens (including phenoxy) is 1. The van der Waals surface area contributed by atoms with E-state index in [1.807, 2.05) is 0 Å². The number of H-pyrrole nitrogens is 1. The van der Waals surface area contributed by atoms with E-state index in [4.69, 9.17) is 4.74 Å². The summed E-state index contributed by atoms with van der Waals surface area (Å²) in [5.41, 5.74) is -1.14. The quantitative estimate of drug-likeness (QED) is 0.616. The van der Waals surface area contributed by atoms with E-state index in [0.717, 1.165) is 4.68 Å². The summed E-state index contributed by atoms with van der Waals surface area (Å²) in [5, 5.41) is 5.04. The number of hydrogen-bond acceptors (Lipinski definition) is 7. The third kappa shape index (κ3) is 1.92. The molecule has 2 N–H and O–H groups in total. The van der Waals surface area contributed by atoms with Gasteiger partial charge in [0, 0.05) is 21.1 Å². The lowest BCUT2D eigenvalue weighted by atomic mass is 10.2. The Morgan fingerprint density at radius 1 is 1.27 bits per heavy atom.